The van der Waals surface area contributed by atoms with E-state index in [9.17, 15) is 0 Å². The molecule has 0 aromatic heterocycles. The van der Waals surface area contributed by atoms with Gasteiger partial charge in [-0.25, -0.2) is 0 Å². The second kappa shape index (κ2) is 9.96. The molecule has 0 radical (unpaired) electrons. The molecule has 0 amide bonds. The van der Waals surface area contributed by atoms with E-state index in [0.717, 1.165) is 43.1 Å². The molecule has 1 heterocycles. The zero-order valence-electron chi connectivity index (χ0n) is 17.4. The fraction of sp³-hybridized carbons (Fsp3) is 0.545. The number of hydrogen-bond acceptors (Lipinski definition) is 5. The van der Waals surface area contributed by atoms with Gasteiger partial charge >= 0.3 is 0 Å². The van der Waals surface area contributed by atoms with Crippen molar-refractivity contribution in [2.75, 3.05) is 63.4 Å². The molecule has 1 aromatic carbocycles. The van der Waals surface area contributed by atoms with Crippen molar-refractivity contribution in [1.82, 2.24) is 10.2 Å². The summed E-state index contributed by atoms with van der Waals surface area (Å²) in [4.78, 5) is 4.25. The van der Waals surface area contributed by atoms with E-state index in [4.69, 9.17) is 11.5 Å². The van der Waals surface area contributed by atoms with Gasteiger partial charge in [-0.2, -0.15) is 0 Å². The van der Waals surface area contributed by atoms with E-state index in [0.29, 0.717) is 5.92 Å². The minimum absolute atomic E-state index is 0.153. The van der Waals surface area contributed by atoms with Crippen molar-refractivity contribution in [2.45, 2.75) is 19.9 Å². The molecule has 6 heteroatoms. The first-order valence-electron chi connectivity index (χ1n) is 10.6. The van der Waals surface area contributed by atoms with Gasteiger partial charge in [0.1, 0.15) is 0 Å². The van der Waals surface area contributed by atoms with Crippen molar-refractivity contribution in [1.29, 1.82) is 0 Å². The van der Waals surface area contributed by atoms with E-state index in [1.165, 1.54) is 31.9 Å². The highest BCUT2D eigenvalue weighted by Gasteiger charge is 2.19. The number of hydrogen-bond donors (Lipinski definition) is 5. The molecule has 154 valence electrons. The zero-order chi connectivity index (χ0) is 19.9. The van der Waals surface area contributed by atoms with E-state index >= 15 is 0 Å². The Labute approximate surface area is 169 Å². The Balaban J connectivity index is 1.29. The van der Waals surface area contributed by atoms with E-state index in [1.54, 1.807) is 4.90 Å². The van der Waals surface area contributed by atoms with Crippen molar-refractivity contribution in [3.05, 3.63) is 47.7 Å². The number of benzene rings is 1. The van der Waals surface area contributed by atoms with Gasteiger partial charge in [0.15, 0.2) is 0 Å². The minimum Gasteiger partial charge on any atom is -0.399 e. The quantitative estimate of drug-likeness (QED) is 0.413. The van der Waals surface area contributed by atoms with Crippen LogP contribution in [-0.4, -0.2) is 63.3 Å². The number of quaternary nitrogens is 1. The molecule has 1 aliphatic carbocycles. The third-order valence-electron chi connectivity index (χ3n) is 5.95. The maximum atomic E-state index is 6.00. The Morgan fingerprint density at radius 2 is 1.96 bits per heavy atom. The predicted octanol–water partition coefficient (Wildman–Crippen LogP) is 0.196. The first-order valence-corrected chi connectivity index (χ1v) is 10.6. The van der Waals surface area contributed by atoms with Crippen LogP contribution in [0.25, 0.3) is 0 Å². The Hall–Kier alpha value is -2.02. The molecule has 0 spiro atoms. The molecule has 2 unspecified atom stereocenters. The number of anilines is 2. The van der Waals surface area contributed by atoms with Crippen LogP contribution in [0.4, 0.5) is 11.4 Å². The maximum absolute atomic E-state index is 6.00. The number of nitrogens with one attached hydrogen (secondary N) is 3. The first kappa shape index (κ1) is 20.7. The molecule has 2 aliphatic rings. The van der Waals surface area contributed by atoms with Gasteiger partial charge in [0.25, 0.3) is 0 Å². The van der Waals surface area contributed by atoms with Crippen molar-refractivity contribution in [2.24, 2.45) is 11.7 Å². The lowest BCUT2D eigenvalue weighted by atomic mass is 9.96. The van der Waals surface area contributed by atoms with Crippen molar-refractivity contribution >= 4 is 11.4 Å². The number of allylic oxidation sites excluding steroid dienone is 1. The highest BCUT2D eigenvalue weighted by molar-refractivity contribution is 5.56. The SMILES string of the molecule is Cc1cc(NCC[NH+]2CCN(CCNC3=CC(C)C(N)C=C3)CC2)ccc1N. The Bertz CT molecular complexity index is 690. The lowest BCUT2D eigenvalue weighted by Crippen LogP contribution is -3.15. The summed E-state index contributed by atoms with van der Waals surface area (Å²) < 4.78 is 0. The van der Waals surface area contributed by atoms with Crippen LogP contribution in [0.3, 0.4) is 0 Å². The van der Waals surface area contributed by atoms with Gasteiger partial charge in [-0.15, -0.1) is 0 Å². The van der Waals surface area contributed by atoms with E-state index in [1.807, 2.05) is 6.07 Å². The van der Waals surface area contributed by atoms with Gasteiger partial charge in [0, 0.05) is 49.3 Å². The molecular formula is C22H37N6+. The highest BCUT2D eigenvalue weighted by Crippen LogP contribution is 2.16. The largest absolute Gasteiger partial charge is 0.399 e. The molecule has 0 bridgehead atoms. The molecule has 28 heavy (non-hydrogen) atoms. The van der Waals surface area contributed by atoms with E-state index in [2.05, 4.69) is 59.7 Å². The van der Waals surface area contributed by atoms with E-state index < -0.39 is 0 Å². The fourth-order valence-corrected chi connectivity index (χ4v) is 3.83. The third kappa shape index (κ3) is 5.99. The molecule has 1 aliphatic heterocycles. The smallest absolute Gasteiger partial charge is 0.0947 e. The number of aryl methyl sites for hydroxylation is 1. The zero-order valence-corrected chi connectivity index (χ0v) is 17.4. The summed E-state index contributed by atoms with van der Waals surface area (Å²) in [6.45, 7) is 13.3. The van der Waals surface area contributed by atoms with Gasteiger partial charge in [-0.05, 0) is 42.7 Å². The topological polar surface area (TPSA) is 83.8 Å². The minimum atomic E-state index is 0.153. The van der Waals surface area contributed by atoms with Crippen molar-refractivity contribution < 1.29 is 4.90 Å². The molecule has 1 fully saturated rings. The maximum Gasteiger partial charge on any atom is 0.0947 e. The average molecular weight is 386 g/mol. The summed E-state index contributed by atoms with van der Waals surface area (Å²) >= 11 is 0. The van der Waals surface area contributed by atoms with Crippen LogP contribution >= 0.6 is 0 Å². The van der Waals surface area contributed by atoms with Gasteiger partial charge < -0.3 is 27.0 Å². The molecule has 3 rings (SSSR count). The second-order valence-corrected chi connectivity index (χ2v) is 8.18. The van der Waals surface area contributed by atoms with Crippen LogP contribution in [0.15, 0.2) is 42.1 Å². The summed E-state index contributed by atoms with van der Waals surface area (Å²) in [5.74, 6) is 0.408. The van der Waals surface area contributed by atoms with Gasteiger partial charge in [0.05, 0.1) is 26.2 Å². The number of nitrogens with zero attached hydrogens (tertiary/aromatic N) is 1. The van der Waals surface area contributed by atoms with Gasteiger partial charge in [-0.1, -0.05) is 19.1 Å². The number of nitrogens with two attached hydrogens (primary N) is 2. The second-order valence-electron chi connectivity index (χ2n) is 8.18. The fourth-order valence-electron chi connectivity index (χ4n) is 3.83. The highest BCUT2D eigenvalue weighted by atomic mass is 15.3. The monoisotopic (exact) mass is 385 g/mol. The van der Waals surface area contributed by atoms with Crippen LogP contribution in [0.5, 0.6) is 0 Å². The van der Waals surface area contributed by atoms with Crippen LogP contribution in [0.2, 0.25) is 0 Å². The normalized spacial score (nSPS) is 23.5. The van der Waals surface area contributed by atoms with Crippen molar-refractivity contribution in [3.63, 3.8) is 0 Å². The number of piperazine rings is 1. The van der Waals surface area contributed by atoms with Crippen LogP contribution in [0, 0.1) is 12.8 Å². The van der Waals surface area contributed by atoms with Crippen LogP contribution in [-0.2, 0) is 0 Å². The van der Waals surface area contributed by atoms with Crippen molar-refractivity contribution in [3.8, 4) is 0 Å². The predicted molar refractivity (Wildman–Crippen MR) is 118 cm³/mol. The van der Waals surface area contributed by atoms with Crippen LogP contribution < -0.4 is 27.0 Å². The van der Waals surface area contributed by atoms with Gasteiger partial charge in [-0.3, -0.25) is 4.90 Å². The standard InChI is InChI=1S/C22H36N6/c1-17-15-19(3-5-21(17)23)25-7-9-27-11-13-28(14-12-27)10-8-26-20-4-6-22(24)18(2)16-20/h3-6,15-17,21,25-26H,7-14,23-24H2,1-2H3/p+1. The summed E-state index contributed by atoms with van der Waals surface area (Å²) in [5.41, 5.74) is 16.3. The summed E-state index contributed by atoms with van der Waals surface area (Å²) in [6, 6.07) is 6.32. The molecule has 0 saturated carbocycles. The lowest BCUT2D eigenvalue weighted by Gasteiger charge is -2.32. The Morgan fingerprint density at radius 3 is 2.68 bits per heavy atom. The van der Waals surface area contributed by atoms with Crippen LogP contribution in [0.1, 0.15) is 12.5 Å². The Morgan fingerprint density at radius 1 is 1.18 bits per heavy atom. The third-order valence-corrected chi connectivity index (χ3v) is 5.95. The Kier molecular flexibility index (Phi) is 7.36. The molecule has 1 aromatic rings. The molecule has 1 saturated heterocycles. The summed E-state index contributed by atoms with van der Waals surface area (Å²) in [6.07, 6.45) is 6.44. The molecule has 7 N–H and O–H groups in total. The number of nitrogen functional groups attached to an aromatic ring is 1. The summed E-state index contributed by atoms with van der Waals surface area (Å²) in [5, 5.41) is 7.07. The molecule has 6 nitrogen and oxygen atoms in total. The lowest BCUT2D eigenvalue weighted by molar-refractivity contribution is -0.902. The van der Waals surface area contributed by atoms with E-state index in [-0.39, 0.29) is 6.04 Å². The van der Waals surface area contributed by atoms with Gasteiger partial charge in [0.2, 0.25) is 0 Å². The number of rotatable bonds is 8. The first-order chi connectivity index (χ1) is 13.5. The molecule has 2 atom stereocenters. The average Bonchev–Trinajstić information content (AvgIpc) is 2.69. The molecular weight excluding hydrogens is 348 g/mol. The summed E-state index contributed by atoms with van der Waals surface area (Å²) in [7, 11) is 0.